The van der Waals surface area contributed by atoms with Crippen LogP contribution in [-0.2, 0) is 11.3 Å². The fraction of sp³-hybridized carbons (Fsp3) is 0.286. The van der Waals surface area contributed by atoms with E-state index < -0.39 is 0 Å². The van der Waals surface area contributed by atoms with Crippen molar-refractivity contribution in [3.63, 3.8) is 0 Å². The first-order chi connectivity index (χ1) is 14.1. The Morgan fingerprint density at radius 2 is 1.83 bits per heavy atom. The molecule has 0 bridgehead atoms. The number of carbonyl (C=O) groups is 1. The molecule has 0 saturated heterocycles. The van der Waals surface area contributed by atoms with Crippen LogP contribution in [0.2, 0.25) is 0 Å². The van der Waals surface area contributed by atoms with Crippen molar-refractivity contribution in [2.75, 3.05) is 19.5 Å². The standard InChI is InChI=1S/C21H22N4O4/c1-28-17-11-10-15(12-18(17)29-2)22-19(26)13-24-21(27)25(16-6-4-3-5-7-16)20(23-24)14-8-9-14/h3-7,10-12,14H,8-9,13H2,1-2H3,(H,22,26). The number of hydrogen-bond acceptors (Lipinski definition) is 5. The molecule has 8 heteroatoms. The molecule has 150 valence electrons. The number of carbonyl (C=O) groups excluding carboxylic acids is 1. The van der Waals surface area contributed by atoms with Gasteiger partial charge in [-0.3, -0.25) is 4.79 Å². The van der Waals surface area contributed by atoms with Crippen LogP contribution in [0.25, 0.3) is 5.69 Å². The largest absolute Gasteiger partial charge is 0.493 e. The van der Waals surface area contributed by atoms with Crippen LogP contribution in [0, 0.1) is 0 Å². The van der Waals surface area contributed by atoms with Gasteiger partial charge in [0.25, 0.3) is 0 Å². The monoisotopic (exact) mass is 394 g/mol. The Bertz CT molecular complexity index is 1080. The topological polar surface area (TPSA) is 87.4 Å². The van der Waals surface area contributed by atoms with Crippen LogP contribution in [0.4, 0.5) is 5.69 Å². The molecule has 1 amide bonds. The minimum atomic E-state index is -0.348. The van der Waals surface area contributed by atoms with Gasteiger partial charge >= 0.3 is 5.69 Å². The summed E-state index contributed by atoms with van der Waals surface area (Å²) in [5.74, 6) is 1.70. The number of para-hydroxylation sites is 1. The summed E-state index contributed by atoms with van der Waals surface area (Å²) in [5.41, 5.74) is 0.983. The molecule has 4 rings (SSSR count). The molecule has 1 N–H and O–H groups in total. The maximum Gasteiger partial charge on any atom is 0.351 e. The van der Waals surface area contributed by atoms with Gasteiger partial charge in [-0.2, -0.15) is 5.10 Å². The van der Waals surface area contributed by atoms with Crippen molar-refractivity contribution in [1.29, 1.82) is 0 Å². The van der Waals surface area contributed by atoms with Crippen LogP contribution in [0.3, 0.4) is 0 Å². The third-order valence-electron chi connectivity index (χ3n) is 4.78. The fourth-order valence-corrected chi connectivity index (χ4v) is 3.20. The Morgan fingerprint density at radius 1 is 1.10 bits per heavy atom. The van der Waals surface area contributed by atoms with Crippen LogP contribution in [0.1, 0.15) is 24.6 Å². The van der Waals surface area contributed by atoms with E-state index in [2.05, 4.69) is 10.4 Å². The second-order valence-electron chi connectivity index (χ2n) is 6.86. The highest BCUT2D eigenvalue weighted by Gasteiger charge is 2.31. The Balaban J connectivity index is 1.57. The van der Waals surface area contributed by atoms with Crippen molar-refractivity contribution in [3.8, 4) is 17.2 Å². The van der Waals surface area contributed by atoms with Gasteiger partial charge in [-0.05, 0) is 37.1 Å². The molecule has 1 aliphatic rings. The van der Waals surface area contributed by atoms with Crippen LogP contribution < -0.4 is 20.5 Å². The normalized spacial score (nSPS) is 13.2. The van der Waals surface area contributed by atoms with Gasteiger partial charge in [0.05, 0.1) is 19.9 Å². The molecular weight excluding hydrogens is 372 g/mol. The van der Waals surface area contributed by atoms with Crippen LogP contribution in [0.5, 0.6) is 11.5 Å². The van der Waals surface area contributed by atoms with Crippen LogP contribution in [0.15, 0.2) is 53.3 Å². The summed E-state index contributed by atoms with van der Waals surface area (Å²) in [6.45, 7) is -0.174. The Morgan fingerprint density at radius 3 is 2.48 bits per heavy atom. The fourth-order valence-electron chi connectivity index (χ4n) is 3.20. The first kappa shape index (κ1) is 18.8. The average Bonchev–Trinajstić information content (AvgIpc) is 3.53. The molecule has 1 saturated carbocycles. The van der Waals surface area contributed by atoms with Crippen molar-refractivity contribution in [3.05, 3.63) is 64.8 Å². The number of methoxy groups -OCH3 is 2. The second-order valence-corrected chi connectivity index (χ2v) is 6.86. The molecule has 2 aromatic carbocycles. The molecule has 0 radical (unpaired) electrons. The number of nitrogens with zero attached hydrogens (tertiary/aromatic N) is 3. The van der Waals surface area contributed by atoms with E-state index in [1.165, 1.54) is 11.8 Å². The number of rotatable bonds is 7. The molecule has 3 aromatic rings. The number of anilines is 1. The third kappa shape index (κ3) is 3.87. The summed E-state index contributed by atoms with van der Waals surface area (Å²) in [4.78, 5) is 25.5. The summed E-state index contributed by atoms with van der Waals surface area (Å²) >= 11 is 0. The maximum absolute atomic E-state index is 12.9. The van der Waals surface area contributed by atoms with E-state index in [0.29, 0.717) is 23.0 Å². The van der Waals surface area contributed by atoms with Crippen molar-refractivity contribution < 1.29 is 14.3 Å². The Kier molecular flexibility index (Phi) is 5.07. The van der Waals surface area contributed by atoms with Gasteiger partial charge in [-0.25, -0.2) is 14.0 Å². The van der Waals surface area contributed by atoms with Crippen LogP contribution >= 0.6 is 0 Å². The first-order valence-corrected chi connectivity index (χ1v) is 9.37. The molecule has 1 fully saturated rings. The van der Waals surface area contributed by atoms with Gasteiger partial charge in [-0.1, -0.05) is 18.2 Å². The number of ether oxygens (including phenoxy) is 2. The van der Waals surface area contributed by atoms with E-state index >= 15 is 0 Å². The van der Waals surface area contributed by atoms with Crippen molar-refractivity contribution in [2.45, 2.75) is 25.3 Å². The lowest BCUT2D eigenvalue weighted by Gasteiger charge is -2.10. The zero-order valence-electron chi connectivity index (χ0n) is 16.3. The predicted octanol–water partition coefficient (Wildman–Crippen LogP) is 2.57. The highest BCUT2D eigenvalue weighted by Crippen LogP contribution is 2.39. The highest BCUT2D eigenvalue weighted by atomic mass is 16.5. The van der Waals surface area contributed by atoms with Crippen molar-refractivity contribution in [1.82, 2.24) is 14.3 Å². The minimum Gasteiger partial charge on any atom is -0.493 e. The van der Waals surface area contributed by atoms with E-state index in [0.717, 1.165) is 18.5 Å². The number of hydrogen-bond donors (Lipinski definition) is 1. The first-order valence-electron chi connectivity index (χ1n) is 9.37. The second kappa shape index (κ2) is 7.83. The summed E-state index contributed by atoms with van der Waals surface area (Å²) in [7, 11) is 3.07. The molecule has 1 aliphatic carbocycles. The van der Waals surface area contributed by atoms with Crippen molar-refractivity contribution in [2.24, 2.45) is 0 Å². The molecule has 0 spiro atoms. The van der Waals surface area contributed by atoms with Gasteiger partial charge < -0.3 is 14.8 Å². The zero-order chi connectivity index (χ0) is 20.4. The van der Waals surface area contributed by atoms with E-state index in [1.54, 1.807) is 29.9 Å². The summed E-state index contributed by atoms with van der Waals surface area (Å²) < 4.78 is 13.3. The molecule has 0 aliphatic heterocycles. The summed E-state index contributed by atoms with van der Waals surface area (Å²) in [6, 6.07) is 14.4. The molecule has 0 atom stereocenters. The number of amides is 1. The molecule has 29 heavy (non-hydrogen) atoms. The summed E-state index contributed by atoms with van der Waals surface area (Å²) in [5, 5.41) is 7.23. The molecular formula is C21H22N4O4. The summed E-state index contributed by atoms with van der Waals surface area (Å²) in [6.07, 6.45) is 2.00. The van der Waals surface area contributed by atoms with Gasteiger partial charge in [-0.15, -0.1) is 0 Å². The molecule has 1 heterocycles. The van der Waals surface area contributed by atoms with E-state index in [1.807, 2.05) is 30.3 Å². The lowest BCUT2D eigenvalue weighted by Crippen LogP contribution is -2.29. The number of nitrogens with one attached hydrogen (secondary N) is 1. The number of aromatic nitrogens is 3. The molecule has 0 unspecified atom stereocenters. The minimum absolute atomic E-state index is 0.174. The van der Waals surface area contributed by atoms with Gasteiger partial charge in [0.2, 0.25) is 5.91 Å². The van der Waals surface area contributed by atoms with Crippen molar-refractivity contribution >= 4 is 11.6 Å². The van der Waals surface area contributed by atoms with Crippen LogP contribution in [-0.4, -0.2) is 34.5 Å². The molecule has 8 nitrogen and oxygen atoms in total. The number of benzene rings is 2. The van der Waals surface area contributed by atoms with Gasteiger partial charge in [0.15, 0.2) is 11.5 Å². The predicted molar refractivity (Wildman–Crippen MR) is 108 cm³/mol. The highest BCUT2D eigenvalue weighted by molar-refractivity contribution is 5.90. The molecule has 1 aromatic heterocycles. The van der Waals surface area contributed by atoms with E-state index in [4.69, 9.17) is 9.47 Å². The average molecular weight is 394 g/mol. The van der Waals surface area contributed by atoms with Gasteiger partial charge in [0, 0.05) is 17.7 Å². The van der Waals surface area contributed by atoms with E-state index in [9.17, 15) is 9.59 Å². The third-order valence-corrected chi connectivity index (χ3v) is 4.78. The van der Waals surface area contributed by atoms with E-state index in [-0.39, 0.29) is 24.1 Å². The quantitative estimate of drug-likeness (QED) is 0.666. The maximum atomic E-state index is 12.9. The zero-order valence-corrected chi connectivity index (χ0v) is 16.3. The van der Waals surface area contributed by atoms with Gasteiger partial charge in [0.1, 0.15) is 12.4 Å². The Hall–Kier alpha value is -3.55. The lowest BCUT2D eigenvalue weighted by molar-refractivity contribution is -0.117. The lowest BCUT2D eigenvalue weighted by atomic mass is 10.2. The SMILES string of the molecule is COc1ccc(NC(=O)Cn2nc(C3CC3)n(-c3ccccc3)c2=O)cc1OC. The Labute approximate surface area is 167 Å². The smallest absolute Gasteiger partial charge is 0.351 e.